The first kappa shape index (κ1) is 34.3. The Bertz CT molecular complexity index is 1500. The highest BCUT2D eigenvalue weighted by atomic mass is 16.6. The summed E-state index contributed by atoms with van der Waals surface area (Å²) in [6.45, 7) is 15.5. The predicted molar refractivity (Wildman–Crippen MR) is 172 cm³/mol. The molecule has 2 aromatic rings. The highest BCUT2D eigenvalue weighted by Gasteiger charge is 2.34. The number of carbonyl (C=O) groups is 4. The maximum atomic E-state index is 13.1. The zero-order chi connectivity index (χ0) is 33.8. The molecular formula is C32H45N7O7. The van der Waals surface area contributed by atoms with Crippen LogP contribution in [0.5, 0.6) is 0 Å². The molecule has 1 fully saturated rings. The van der Waals surface area contributed by atoms with E-state index in [9.17, 15) is 19.2 Å². The number of aromatic nitrogens is 3. The first-order valence-corrected chi connectivity index (χ1v) is 15.5. The molecule has 14 heteroatoms. The average Bonchev–Trinajstić information content (AvgIpc) is 3.63. The van der Waals surface area contributed by atoms with Gasteiger partial charge in [-0.3, -0.25) is 4.79 Å². The van der Waals surface area contributed by atoms with Gasteiger partial charge in [-0.1, -0.05) is 0 Å². The van der Waals surface area contributed by atoms with E-state index in [4.69, 9.17) is 19.2 Å². The van der Waals surface area contributed by atoms with Crippen molar-refractivity contribution < 1.29 is 33.4 Å². The highest BCUT2D eigenvalue weighted by molar-refractivity contribution is 6.34. The number of esters is 1. The minimum absolute atomic E-state index is 0.164. The summed E-state index contributed by atoms with van der Waals surface area (Å²) in [5.74, 6) is -0.445. The van der Waals surface area contributed by atoms with E-state index < -0.39 is 29.4 Å². The maximum Gasteiger partial charge on any atom is 0.410 e. The zero-order valence-electron chi connectivity index (χ0n) is 27.9. The summed E-state index contributed by atoms with van der Waals surface area (Å²) in [7, 11) is 0. The van der Waals surface area contributed by atoms with Crippen LogP contribution in [0, 0.1) is 6.92 Å². The van der Waals surface area contributed by atoms with Gasteiger partial charge in [-0.25, -0.2) is 24.4 Å². The fourth-order valence-electron chi connectivity index (χ4n) is 4.77. The number of nitrogens with zero attached hydrogens (tertiary/aromatic N) is 4. The van der Waals surface area contributed by atoms with Crippen molar-refractivity contribution in [3.63, 3.8) is 0 Å². The van der Waals surface area contributed by atoms with Crippen LogP contribution in [-0.4, -0.2) is 93.9 Å². The number of ether oxygens (including phenoxy) is 3. The Morgan fingerprint density at radius 3 is 2.39 bits per heavy atom. The molecule has 0 spiro atoms. The number of H-pyrrole nitrogens is 1. The zero-order valence-corrected chi connectivity index (χ0v) is 27.9. The molecule has 0 atom stereocenters. The van der Waals surface area contributed by atoms with E-state index in [1.165, 1.54) is 4.90 Å². The second kappa shape index (κ2) is 13.8. The van der Waals surface area contributed by atoms with Crippen LogP contribution in [0.4, 0.5) is 21.2 Å². The third-order valence-corrected chi connectivity index (χ3v) is 6.85. The number of amides is 3. The summed E-state index contributed by atoms with van der Waals surface area (Å²) in [5.41, 5.74) is 1.31. The Labute approximate surface area is 269 Å². The van der Waals surface area contributed by atoms with Crippen LogP contribution in [0.3, 0.4) is 0 Å². The Kier molecular flexibility index (Phi) is 10.3. The van der Waals surface area contributed by atoms with Gasteiger partial charge in [0.1, 0.15) is 16.9 Å². The third kappa shape index (κ3) is 9.21. The highest BCUT2D eigenvalue weighted by Crippen LogP contribution is 2.35. The third-order valence-electron chi connectivity index (χ3n) is 6.85. The number of nitrogens with one attached hydrogen (secondary N) is 3. The van der Waals surface area contributed by atoms with Gasteiger partial charge in [0.2, 0.25) is 5.95 Å². The molecule has 14 nitrogen and oxygen atoms in total. The lowest BCUT2D eigenvalue weighted by molar-refractivity contribution is -0.110. The molecule has 3 heterocycles. The monoisotopic (exact) mass is 639 g/mol. The van der Waals surface area contributed by atoms with E-state index in [-0.39, 0.29) is 43.8 Å². The number of fused-ring (bicyclic) bond motifs is 1. The Morgan fingerprint density at radius 2 is 1.76 bits per heavy atom. The summed E-state index contributed by atoms with van der Waals surface area (Å²) in [6.07, 6.45) is 3.94. The molecule has 3 N–H and O–H groups in total. The molecule has 0 bridgehead atoms. The molecule has 1 aliphatic carbocycles. The molecule has 0 unspecified atom stereocenters. The topological polar surface area (TPSA) is 168 Å². The second-order valence-corrected chi connectivity index (χ2v) is 13.3. The number of carbonyl (C=O) groups excluding carboxylic acids is 4. The van der Waals surface area contributed by atoms with E-state index >= 15 is 0 Å². The molecule has 1 aliphatic heterocycles. The molecule has 46 heavy (non-hydrogen) atoms. The van der Waals surface area contributed by atoms with Crippen molar-refractivity contribution in [3.05, 3.63) is 34.9 Å². The molecule has 4 rings (SSSR count). The van der Waals surface area contributed by atoms with E-state index in [2.05, 4.69) is 20.6 Å². The average molecular weight is 640 g/mol. The van der Waals surface area contributed by atoms with E-state index in [1.807, 2.05) is 11.8 Å². The SMILES string of the molecule is CCOC(=O)c1cc(C)[nH]c1/C=C1\C(=O)Nc2cnc(N(CCN(CCNC(=O)OC(C)(C)C)C(=O)OC(C)(C)C)C3CC3)nc21. The van der Waals surface area contributed by atoms with Gasteiger partial charge in [0.15, 0.2) is 0 Å². The molecule has 250 valence electrons. The van der Waals surface area contributed by atoms with Crippen molar-refractivity contribution in [1.82, 2.24) is 25.2 Å². The van der Waals surface area contributed by atoms with Gasteiger partial charge in [-0.15, -0.1) is 0 Å². The smallest absolute Gasteiger partial charge is 0.410 e. The van der Waals surface area contributed by atoms with Gasteiger partial charge < -0.3 is 39.6 Å². The summed E-state index contributed by atoms with van der Waals surface area (Å²) in [6, 6.07) is 1.84. The first-order chi connectivity index (χ1) is 21.5. The number of hydrogen-bond acceptors (Lipinski definition) is 10. The van der Waals surface area contributed by atoms with Gasteiger partial charge in [-0.05, 0) is 80.4 Å². The lowest BCUT2D eigenvalue weighted by Gasteiger charge is -2.30. The van der Waals surface area contributed by atoms with E-state index in [0.29, 0.717) is 35.1 Å². The van der Waals surface area contributed by atoms with Crippen molar-refractivity contribution in [1.29, 1.82) is 0 Å². The van der Waals surface area contributed by atoms with Crippen molar-refractivity contribution in [2.75, 3.05) is 43.0 Å². The molecule has 0 radical (unpaired) electrons. The number of hydrogen-bond donors (Lipinski definition) is 3. The van der Waals surface area contributed by atoms with Crippen LogP contribution < -0.4 is 15.5 Å². The van der Waals surface area contributed by atoms with Gasteiger partial charge in [0.05, 0.1) is 35.3 Å². The largest absolute Gasteiger partial charge is 0.462 e. The lowest BCUT2D eigenvalue weighted by atomic mass is 10.1. The van der Waals surface area contributed by atoms with E-state index in [0.717, 1.165) is 18.5 Å². The maximum absolute atomic E-state index is 13.1. The summed E-state index contributed by atoms with van der Waals surface area (Å²) in [5, 5.41) is 5.49. The van der Waals surface area contributed by atoms with Crippen LogP contribution >= 0.6 is 0 Å². The van der Waals surface area contributed by atoms with Gasteiger partial charge in [0.25, 0.3) is 5.91 Å². The Balaban J connectivity index is 1.54. The summed E-state index contributed by atoms with van der Waals surface area (Å²) >= 11 is 0. The Morgan fingerprint density at radius 1 is 1.07 bits per heavy atom. The summed E-state index contributed by atoms with van der Waals surface area (Å²) in [4.78, 5) is 66.9. The fourth-order valence-corrected chi connectivity index (χ4v) is 4.77. The molecule has 3 amide bonds. The summed E-state index contributed by atoms with van der Waals surface area (Å²) < 4.78 is 16.1. The molecule has 2 aliphatic rings. The van der Waals surface area contributed by atoms with Crippen LogP contribution in [0.2, 0.25) is 0 Å². The van der Waals surface area contributed by atoms with Gasteiger partial charge >= 0.3 is 18.2 Å². The number of aromatic amines is 1. The second-order valence-electron chi connectivity index (χ2n) is 13.3. The van der Waals surface area contributed by atoms with Crippen molar-refractivity contribution in [2.45, 2.75) is 85.5 Å². The number of anilines is 2. The van der Waals surface area contributed by atoms with Crippen LogP contribution in [-0.2, 0) is 19.0 Å². The van der Waals surface area contributed by atoms with Crippen molar-refractivity contribution >= 4 is 47.3 Å². The minimum atomic E-state index is -0.708. The van der Waals surface area contributed by atoms with Crippen LogP contribution in [0.25, 0.3) is 11.6 Å². The predicted octanol–water partition coefficient (Wildman–Crippen LogP) is 4.51. The van der Waals surface area contributed by atoms with Crippen LogP contribution in [0.15, 0.2) is 12.3 Å². The number of alkyl carbamates (subject to hydrolysis) is 1. The van der Waals surface area contributed by atoms with Gasteiger partial charge in [-0.2, -0.15) is 0 Å². The standard InChI is InChI=1S/C32H45N7O7/c1-9-44-27(41)21-16-19(2)35-23(21)17-22-25-24(36-26(22)40)18-34-28(37-25)39(20-10-11-20)15-14-38(30(43)46-32(6,7)8)13-12-33-29(42)45-31(3,4)5/h16-18,20,35H,9-15H2,1-8H3,(H,33,42)(H,36,40)/b22-17-. The van der Waals surface area contributed by atoms with E-state index in [1.54, 1.807) is 66.8 Å². The minimum Gasteiger partial charge on any atom is -0.462 e. The molecule has 0 aromatic carbocycles. The molecule has 2 aromatic heterocycles. The van der Waals surface area contributed by atoms with Crippen molar-refractivity contribution in [3.8, 4) is 0 Å². The molecule has 1 saturated carbocycles. The lowest BCUT2D eigenvalue weighted by Crippen LogP contribution is -2.46. The molecule has 0 saturated heterocycles. The Hall–Kier alpha value is -4.62. The normalized spacial score (nSPS) is 15.2. The number of aryl methyl sites for hydroxylation is 1. The molecular weight excluding hydrogens is 594 g/mol. The van der Waals surface area contributed by atoms with Crippen molar-refractivity contribution in [2.24, 2.45) is 0 Å². The quantitative estimate of drug-likeness (QED) is 0.181. The van der Waals surface area contributed by atoms with Gasteiger partial charge in [0, 0.05) is 37.9 Å². The first-order valence-electron chi connectivity index (χ1n) is 15.5. The fraction of sp³-hybridized carbons (Fsp3) is 0.562. The van der Waals surface area contributed by atoms with Crippen LogP contribution in [0.1, 0.15) is 88.7 Å². The number of rotatable bonds is 11.